The average Bonchev–Trinajstić information content (AvgIpc) is 2.47. The van der Waals surface area contributed by atoms with E-state index in [9.17, 15) is 23.7 Å². The highest BCUT2D eigenvalue weighted by Crippen LogP contribution is 2.30. The lowest BCUT2D eigenvalue weighted by Crippen LogP contribution is -2.54. The molecule has 1 aromatic carbocycles. The third kappa shape index (κ3) is 4.34. The van der Waals surface area contributed by atoms with E-state index in [0.29, 0.717) is 6.07 Å². The van der Waals surface area contributed by atoms with Gasteiger partial charge in [-0.1, -0.05) is 0 Å². The van der Waals surface area contributed by atoms with Crippen molar-refractivity contribution in [2.45, 2.75) is 39.3 Å². The summed E-state index contributed by atoms with van der Waals surface area (Å²) in [7, 11) is 0. The minimum absolute atomic E-state index is 0.0561. The van der Waals surface area contributed by atoms with Crippen LogP contribution < -0.4 is 4.90 Å². The van der Waals surface area contributed by atoms with Crippen LogP contribution in [0.4, 0.5) is 25.0 Å². The van der Waals surface area contributed by atoms with Gasteiger partial charge in [0, 0.05) is 31.7 Å². The first-order valence-electron chi connectivity index (χ1n) is 7.87. The minimum atomic E-state index is -1.09. The van der Waals surface area contributed by atoms with E-state index in [4.69, 9.17) is 4.74 Å². The van der Waals surface area contributed by atoms with Crippen molar-refractivity contribution < 1.29 is 23.2 Å². The Bertz CT molecular complexity index is 691. The quantitative estimate of drug-likeness (QED) is 0.599. The lowest BCUT2D eigenvalue weighted by Gasteiger charge is -2.41. The third-order valence-electron chi connectivity index (χ3n) is 3.80. The summed E-state index contributed by atoms with van der Waals surface area (Å²) in [4.78, 5) is 24.9. The Balaban J connectivity index is 2.15. The van der Waals surface area contributed by atoms with Crippen molar-refractivity contribution in [3.63, 3.8) is 0 Å². The summed E-state index contributed by atoms with van der Waals surface area (Å²) in [5, 5.41) is 10.7. The molecule has 1 aromatic rings. The van der Waals surface area contributed by atoms with Crippen molar-refractivity contribution in [3.8, 4) is 0 Å². The van der Waals surface area contributed by atoms with Crippen LogP contribution in [0.25, 0.3) is 0 Å². The van der Waals surface area contributed by atoms with Crippen LogP contribution in [0.2, 0.25) is 0 Å². The molecule has 1 heterocycles. The summed E-state index contributed by atoms with van der Waals surface area (Å²) >= 11 is 0. The van der Waals surface area contributed by atoms with Gasteiger partial charge in [0.1, 0.15) is 5.60 Å². The summed E-state index contributed by atoms with van der Waals surface area (Å²) in [5.74, 6) is -1.96. The molecule has 1 amide bonds. The lowest BCUT2D eigenvalue weighted by molar-refractivity contribution is -0.387. The molecule has 25 heavy (non-hydrogen) atoms. The Morgan fingerprint density at radius 2 is 1.92 bits per heavy atom. The fourth-order valence-electron chi connectivity index (χ4n) is 2.69. The molecule has 0 N–H and O–H groups in total. The Kier molecular flexibility index (Phi) is 5.15. The third-order valence-corrected chi connectivity index (χ3v) is 3.80. The van der Waals surface area contributed by atoms with Gasteiger partial charge in [0.15, 0.2) is 5.82 Å². The average molecular weight is 357 g/mol. The van der Waals surface area contributed by atoms with Crippen LogP contribution in [0.5, 0.6) is 0 Å². The van der Waals surface area contributed by atoms with Gasteiger partial charge < -0.3 is 14.5 Å². The number of anilines is 1. The lowest BCUT2D eigenvalue weighted by atomic mass is 10.1. The largest absolute Gasteiger partial charge is 0.444 e. The van der Waals surface area contributed by atoms with E-state index in [1.807, 2.05) is 0 Å². The van der Waals surface area contributed by atoms with Crippen molar-refractivity contribution in [1.82, 2.24) is 4.90 Å². The van der Waals surface area contributed by atoms with Gasteiger partial charge in [0.25, 0.3) is 0 Å². The molecule has 1 fully saturated rings. The van der Waals surface area contributed by atoms with E-state index in [1.54, 1.807) is 32.6 Å². The van der Waals surface area contributed by atoms with Crippen molar-refractivity contribution >= 4 is 17.5 Å². The number of piperazine rings is 1. The van der Waals surface area contributed by atoms with Gasteiger partial charge in [-0.25, -0.2) is 9.18 Å². The maximum Gasteiger partial charge on any atom is 0.410 e. The van der Waals surface area contributed by atoms with E-state index in [-0.39, 0.29) is 31.4 Å². The maximum atomic E-state index is 14.2. The number of hydrogen-bond donors (Lipinski definition) is 0. The zero-order valence-corrected chi connectivity index (χ0v) is 14.6. The molecular weight excluding hydrogens is 336 g/mol. The van der Waals surface area contributed by atoms with Crippen LogP contribution in [0.3, 0.4) is 0 Å². The Labute approximate surface area is 144 Å². The molecule has 2 rings (SSSR count). The van der Waals surface area contributed by atoms with Gasteiger partial charge in [-0.15, -0.1) is 0 Å². The van der Waals surface area contributed by atoms with Crippen molar-refractivity contribution in [2.75, 3.05) is 24.5 Å². The molecule has 138 valence electrons. The number of benzene rings is 1. The second-order valence-corrected chi connectivity index (χ2v) is 6.98. The van der Waals surface area contributed by atoms with E-state index in [2.05, 4.69) is 0 Å². The predicted molar refractivity (Wildman–Crippen MR) is 87.6 cm³/mol. The summed E-state index contributed by atoms with van der Waals surface area (Å²) in [6.07, 6.45) is -0.464. The number of nitro benzene ring substituents is 1. The number of amides is 1. The molecule has 7 nitrogen and oxygen atoms in total. The van der Waals surface area contributed by atoms with Gasteiger partial charge in [-0.2, -0.15) is 4.39 Å². The van der Waals surface area contributed by atoms with E-state index in [1.165, 1.54) is 4.90 Å². The SMILES string of the molecule is C[C@H]1CN(C(=O)OC(C)(C)C)CCN1c1cc(F)c([N+](=O)[O-])cc1F. The summed E-state index contributed by atoms with van der Waals surface area (Å²) in [6, 6.07) is 1.10. The monoisotopic (exact) mass is 357 g/mol. The smallest absolute Gasteiger partial charge is 0.410 e. The van der Waals surface area contributed by atoms with Crippen LogP contribution >= 0.6 is 0 Å². The van der Waals surface area contributed by atoms with Crippen LogP contribution in [0.1, 0.15) is 27.7 Å². The Morgan fingerprint density at radius 3 is 2.44 bits per heavy atom. The molecule has 0 aliphatic carbocycles. The van der Waals surface area contributed by atoms with E-state index < -0.39 is 33.9 Å². The maximum absolute atomic E-state index is 14.2. The summed E-state index contributed by atoms with van der Waals surface area (Å²) in [6.45, 7) is 7.85. The highest BCUT2D eigenvalue weighted by atomic mass is 19.1. The second kappa shape index (κ2) is 6.81. The molecule has 0 radical (unpaired) electrons. The van der Waals surface area contributed by atoms with Crippen LogP contribution in [-0.2, 0) is 4.74 Å². The van der Waals surface area contributed by atoms with Gasteiger partial charge in [-0.05, 0) is 27.7 Å². The number of ether oxygens (including phenoxy) is 1. The number of rotatable bonds is 2. The first-order valence-corrected chi connectivity index (χ1v) is 7.87. The molecule has 1 atom stereocenters. The summed E-state index contributed by atoms with van der Waals surface area (Å²) in [5.41, 5.74) is -1.58. The minimum Gasteiger partial charge on any atom is -0.444 e. The van der Waals surface area contributed by atoms with Crippen molar-refractivity contribution in [3.05, 3.63) is 33.9 Å². The number of carbonyl (C=O) groups is 1. The van der Waals surface area contributed by atoms with Crippen molar-refractivity contribution in [2.24, 2.45) is 0 Å². The van der Waals surface area contributed by atoms with Gasteiger partial charge in [0.05, 0.1) is 16.7 Å². The molecule has 1 aliphatic heterocycles. The Morgan fingerprint density at radius 1 is 1.28 bits per heavy atom. The molecular formula is C16H21F2N3O4. The predicted octanol–water partition coefficient (Wildman–Crippen LogP) is 3.32. The van der Waals surface area contributed by atoms with Gasteiger partial charge in [0.2, 0.25) is 5.82 Å². The zero-order valence-electron chi connectivity index (χ0n) is 14.6. The zero-order chi connectivity index (χ0) is 18.9. The first-order chi connectivity index (χ1) is 11.5. The molecule has 1 saturated heterocycles. The number of nitro groups is 1. The molecule has 0 unspecified atom stereocenters. The highest BCUT2D eigenvalue weighted by Gasteiger charge is 2.32. The number of hydrogen-bond acceptors (Lipinski definition) is 5. The van der Waals surface area contributed by atoms with Crippen LogP contribution in [0.15, 0.2) is 12.1 Å². The van der Waals surface area contributed by atoms with Crippen LogP contribution in [-0.4, -0.2) is 47.2 Å². The highest BCUT2D eigenvalue weighted by molar-refractivity contribution is 5.69. The van der Waals surface area contributed by atoms with Crippen LogP contribution in [0, 0.1) is 21.7 Å². The number of carbonyl (C=O) groups excluding carboxylic acids is 1. The molecule has 9 heteroatoms. The molecule has 0 saturated carbocycles. The fourth-order valence-corrected chi connectivity index (χ4v) is 2.69. The molecule has 1 aliphatic rings. The number of nitrogens with zero attached hydrogens (tertiary/aromatic N) is 3. The standard InChI is InChI=1S/C16H21F2N3O4/c1-10-9-19(15(22)25-16(2,3)4)5-6-20(10)13-7-12(18)14(21(23)24)8-11(13)17/h7-8,10H,5-6,9H2,1-4H3/t10-/m0/s1. The molecule has 0 bridgehead atoms. The van der Waals surface area contributed by atoms with E-state index >= 15 is 0 Å². The van der Waals surface area contributed by atoms with E-state index in [0.717, 1.165) is 6.07 Å². The first kappa shape index (κ1) is 18.9. The topological polar surface area (TPSA) is 75.9 Å². The molecule has 0 aromatic heterocycles. The number of halogens is 2. The van der Waals surface area contributed by atoms with Gasteiger partial charge >= 0.3 is 11.8 Å². The second-order valence-electron chi connectivity index (χ2n) is 6.98. The summed E-state index contributed by atoms with van der Waals surface area (Å²) < 4.78 is 33.4. The van der Waals surface area contributed by atoms with Crippen molar-refractivity contribution in [1.29, 1.82) is 0 Å². The molecule has 0 spiro atoms. The fraction of sp³-hybridized carbons (Fsp3) is 0.562. The Hall–Kier alpha value is -2.45. The van der Waals surface area contributed by atoms with Gasteiger partial charge in [-0.3, -0.25) is 10.1 Å². The normalized spacial score (nSPS) is 18.2.